The molecular formula is C13H16N2O4S. The minimum atomic E-state index is -3.52. The van der Waals surface area contributed by atoms with E-state index >= 15 is 0 Å². The van der Waals surface area contributed by atoms with Crippen LogP contribution < -0.4 is 0 Å². The molecular weight excluding hydrogens is 280 g/mol. The Labute approximate surface area is 118 Å². The summed E-state index contributed by atoms with van der Waals surface area (Å²) in [7, 11) is -2.09. The first-order valence-corrected chi connectivity index (χ1v) is 7.53. The molecule has 0 saturated heterocycles. The Kier molecular flexibility index (Phi) is 5.25. The predicted octanol–water partition coefficient (Wildman–Crippen LogP) is 1.31. The fourth-order valence-corrected chi connectivity index (χ4v) is 2.89. The van der Waals surface area contributed by atoms with E-state index in [-0.39, 0.29) is 23.8 Å². The zero-order valence-electron chi connectivity index (χ0n) is 11.3. The van der Waals surface area contributed by atoms with Crippen LogP contribution in [0.25, 0.3) is 0 Å². The molecule has 0 spiro atoms. The first-order chi connectivity index (χ1) is 9.26. The molecule has 1 aromatic rings. The Morgan fingerprint density at radius 3 is 2.40 bits per heavy atom. The monoisotopic (exact) mass is 296 g/mol. The third-order valence-electron chi connectivity index (χ3n) is 2.78. The van der Waals surface area contributed by atoms with Crippen molar-refractivity contribution in [2.24, 2.45) is 5.92 Å². The highest BCUT2D eigenvalue weighted by atomic mass is 32.2. The molecule has 0 aromatic heterocycles. The summed E-state index contributed by atoms with van der Waals surface area (Å²) in [6, 6.07) is 7.66. The van der Waals surface area contributed by atoms with Crippen LogP contribution in [0.5, 0.6) is 0 Å². The molecule has 0 aliphatic rings. The molecule has 1 unspecified atom stereocenters. The van der Waals surface area contributed by atoms with Crippen LogP contribution in [-0.2, 0) is 15.8 Å². The first-order valence-electron chi connectivity index (χ1n) is 5.92. The van der Waals surface area contributed by atoms with Gasteiger partial charge in [0.1, 0.15) is 0 Å². The van der Waals surface area contributed by atoms with Crippen LogP contribution in [0.1, 0.15) is 22.8 Å². The van der Waals surface area contributed by atoms with Crippen molar-refractivity contribution < 1.29 is 18.3 Å². The van der Waals surface area contributed by atoms with E-state index < -0.39 is 16.0 Å². The number of sulfonamides is 1. The second-order valence-electron chi connectivity index (χ2n) is 4.57. The molecule has 0 saturated carbocycles. The van der Waals surface area contributed by atoms with Crippen molar-refractivity contribution in [3.8, 4) is 6.07 Å². The first kappa shape index (κ1) is 16.1. The summed E-state index contributed by atoms with van der Waals surface area (Å²) in [5.74, 6) is -1.66. The van der Waals surface area contributed by atoms with Crippen molar-refractivity contribution in [2.75, 3.05) is 13.6 Å². The smallest absolute Gasteiger partial charge is 0.335 e. The maximum atomic E-state index is 12.1. The highest BCUT2D eigenvalue weighted by Crippen LogP contribution is 2.12. The summed E-state index contributed by atoms with van der Waals surface area (Å²) in [4.78, 5) is 10.7. The van der Waals surface area contributed by atoms with Crippen LogP contribution in [0.4, 0.5) is 0 Å². The van der Waals surface area contributed by atoms with Crippen LogP contribution in [-0.4, -0.2) is 37.4 Å². The molecule has 1 rings (SSSR count). The second-order valence-corrected chi connectivity index (χ2v) is 6.64. The topological polar surface area (TPSA) is 98.5 Å². The summed E-state index contributed by atoms with van der Waals surface area (Å²) in [6.07, 6.45) is 0. The van der Waals surface area contributed by atoms with Crippen LogP contribution in [0.3, 0.4) is 0 Å². The van der Waals surface area contributed by atoms with Crippen molar-refractivity contribution in [1.82, 2.24) is 4.31 Å². The lowest BCUT2D eigenvalue weighted by Gasteiger charge is -2.18. The van der Waals surface area contributed by atoms with Gasteiger partial charge >= 0.3 is 5.97 Å². The fourth-order valence-electron chi connectivity index (χ4n) is 1.60. The van der Waals surface area contributed by atoms with Crippen molar-refractivity contribution in [1.29, 1.82) is 5.26 Å². The average Bonchev–Trinajstić information content (AvgIpc) is 2.38. The van der Waals surface area contributed by atoms with Gasteiger partial charge in [-0.3, -0.25) is 0 Å². The number of aromatic carboxylic acids is 1. The van der Waals surface area contributed by atoms with E-state index in [9.17, 15) is 13.2 Å². The number of hydrogen-bond donors (Lipinski definition) is 1. The molecule has 7 heteroatoms. The Morgan fingerprint density at radius 1 is 1.40 bits per heavy atom. The normalized spacial score (nSPS) is 12.9. The van der Waals surface area contributed by atoms with E-state index in [4.69, 9.17) is 10.4 Å². The Hall–Kier alpha value is -1.91. The minimum absolute atomic E-state index is 0.109. The number of carbonyl (C=O) groups is 1. The molecule has 0 aliphatic carbocycles. The number of hydrogen-bond acceptors (Lipinski definition) is 4. The van der Waals surface area contributed by atoms with Gasteiger partial charge in [-0.1, -0.05) is 12.1 Å². The maximum absolute atomic E-state index is 12.1. The maximum Gasteiger partial charge on any atom is 0.335 e. The zero-order chi connectivity index (χ0) is 15.3. The molecule has 0 amide bonds. The van der Waals surface area contributed by atoms with Crippen molar-refractivity contribution in [2.45, 2.75) is 12.7 Å². The molecule has 0 aliphatic heterocycles. The number of benzene rings is 1. The van der Waals surface area contributed by atoms with Gasteiger partial charge in [0.2, 0.25) is 10.0 Å². The number of nitriles is 1. The number of rotatable bonds is 6. The van der Waals surface area contributed by atoms with Crippen LogP contribution in [0.15, 0.2) is 24.3 Å². The quantitative estimate of drug-likeness (QED) is 0.853. The molecule has 1 atom stereocenters. The van der Waals surface area contributed by atoms with Crippen LogP contribution in [0.2, 0.25) is 0 Å². The molecule has 6 nitrogen and oxygen atoms in total. The highest BCUT2D eigenvalue weighted by molar-refractivity contribution is 7.88. The lowest BCUT2D eigenvalue weighted by atomic mass is 10.1. The van der Waals surface area contributed by atoms with E-state index in [2.05, 4.69) is 0 Å². The van der Waals surface area contributed by atoms with Gasteiger partial charge in [0.15, 0.2) is 0 Å². The largest absolute Gasteiger partial charge is 0.478 e. The van der Waals surface area contributed by atoms with Crippen LogP contribution >= 0.6 is 0 Å². The molecule has 0 bridgehead atoms. The Bertz CT molecular complexity index is 617. The Balaban J connectivity index is 2.80. The summed E-state index contributed by atoms with van der Waals surface area (Å²) in [6.45, 7) is 1.78. The minimum Gasteiger partial charge on any atom is -0.478 e. The molecule has 108 valence electrons. The SMILES string of the molecule is CC(C#N)CN(C)S(=O)(=O)Cc1ccc(C(=O)O)cc1. The molecule has 0 heterocycles. The van der Waals surface area contributed by atoms with Gasteiger partial charge in [-0.2, -0.15) is 5.26 Å². The van der Waals surface area contributed by atoms with Gasteiger partial charge < -0.3 is 5.11 Å². The summed E-state index contributed by atoms with van der Waals surface area (Å²) >= 11 is 0. The van der Waals surface area contributed by atoms with E-state index in [0.29, 0.717) is 5.56 Å². The van der Waals surface area contributed by atoms with E-state index in [1.807, 2.05) is 6.07 Å². The van der Waals surface area contributed by atoms with Gasteiger partial charge in [0, 0.05) is 13.6 Å². The second kappa shape index (κ2) is 6.50. The lowest BCUT2D eigenvalue weighted by molar-refractivity contribution is 0.0697. The molecule has 0 fully saturated rings. The van der Waals surface area contributed by atoms with Gasteiger partial charge in [0.25, 0.3) is 0 Å². The third kappa shape index (κ3) is 4.33. The van der Waals surface area contributed by atoms with Crippen LogP contribution in [0, 0.1) is 17.2 Å². The molecule has 1 aromatic carbocycles. The van der Waals surface area contributed by atoms with E-state index in [1.165, 1.54) is 31.3 Å². The summed E-state index contributed by atoms with van der Waals surface area (Å²) in [5, 5.41) is 17.5. The average molecular weight is 296 g/mol. The fraction of sp³-hybridized carbons (Fsp3) is 0.385. The summed E-state index contributed by atoms with van der Waals surface area (Å²) in [5.41, 5.74) is 0.615. The zero-order valence-corrected chi connectivity index (χ0v) is 12.1. The lowest BCUT2D eigenvalue weighted by Crippen LogP contribution is -2.31. The highest BCUT2D eigenvalue weighted by Gasteiger charge is 2.20. The standard InChI is InChI=1S/C13H16N2O4S/c1-10(7-14)8-15(2)20(18,19)9-11-3-5-12(6-4-11)13(16)17/h3-6,10H,8-9H2,1-2H3,(H,16,17). The van der Waals surface area contributed by atoms with Crippen molar-refractivity contribution in [3.63, 3.8) is 0 Å². The Morgan fingerprint density at radius 2 is 1.95 bits per heavy atom. The van der Waals surface area contributed by atoms with Gasteiger partial charge in [-0.05, 0) is 24.6 Å². The van der Waals surface area contributed by atoms with Crippen molar-refractivity contribution in [3.05, 3.63) is 35.4 Å². The van der Waals surface area contributed by atoms with Gasteiger partial charge in [-0.15, -0.1) is 0 Å². The predicted molar refractivity (Wildman–Crippen MR) is 73.4 cm³/mol. The molecule has 1 N–H and O–H groups in total. The molecule has 20 heavy (non-hydrogen) atoms. The van der Waals surface area contributed by atoms with E-state index in [0.717, 1.165) is 4.31 Å². The third-order valence-corrected chi connectivity index (χ3v) is 4.57. The van der Waals surface area contributed by atoms with Crippen molar-refractivity contribution >= 4 is 16.0 Å². The number of carboxylic acid groups (broad SMARTS) is 1. The molecule has 0 radical (unpaired) electrons. The van der Waals surface area contributed by atoms with E-state index in [1.54, 1.807) is 6.92 Å². The number of carboxylic acids is 1. The number of nitrogens with zero attached hydrogens (tertiary/aromatic N) is 2. The van der Waals surface area contributed by atoms with Gasteiger partial charge in [-0.25, -0.2) is 17.5 Å². The summed E-state index contributed by atoms with van der Waals surface area (Å²) < 4.78 is 25.3. The van der Waals surface area contributed by atoms with Gasteiger partial charge in [0.05, 0.1) is 23.3 Å².